The smallest absolute Gasteiger partial charge is 0.410 e. The Morgan fingerprint density at radius 2 is 1.00 bits per heavy atom. The standard InChI is InChI=1S/C31H40F2N4O7S.C31H39F2N3O5/c1-19(35(5)30(40)43-18-20-10-8-7-9-11-20)28(38)34-27(31(2,3)4)29(39)36-15-14-24-26(36)25(17-37(24)45(6,41)42)44-21-12-13-22(32)23(33)16-21;1-19(35(5)30(39)40-18-20-9-7-6-8-10-20)28(37)34-27(31(2,3)4)29(38)36-16-15-21-11-14-25(26(21)36)41-22-12-13-23(32)24(33)17-22/h7-13,16,19,24-27H,14-15,17-18H2,1-6H3,(H,34,38);6-10,12-13,17,19,21,25-27H,11,14-16,18H2,1-5H3,(H,34,37)/t19-,24+,25-,26-,27+;19-,21+,25-,26-,27+/m00/s1. The summed E-state index contributed by atoms with van der Waals surface area (Å²) in [4.78, 5) is 85.8. The van der Waals surface area contributed by atoms with Gasteiger partial charge in [-0.2, -0.15) is 4.31 Å². The molecule has 1 aliphatic carbocycles. The molecule has 19 nitrogen and oxygen atoms in total. The number of benzene rings is 4. The number of halogens is 4. The van der Waals surface area contributed by atoms with Gasteiger partial charge in [-0.15, -0.1) is 0 Å². The summed E-state index contributed by atoms with van der Waals surface area (Å²) in [5.41, 5.74) is 0.188. The molecule has 0 spiro atoms. The first kappa shape index (κ1) is 66.1. The van der Waals surface area contributed by atoms with Crippen molar-refractivity contribution in [1.82, 2.24) is 34.5 Å². The van der Waals surface area contributed by atoms with Gasteiger partial charge in [0.05, 0.1) is 30.9 Å². The number of likely N-dealkylation sites (tertiary alicyclic amines) is 2. The van der Waals surface area contributed by atoms with Gasteiger partial charge < -0.3 is 39.4 Å². The lowest BCUT2D eigenvalue weighted by molar-refractivity contribution is -0.142. The minimum atomic E-state index is -3.70. The Hall–Kier alpha value is -7.47. The van der Waals surface area contributed by atoms with Crippen molar-refractivity contribution in [2.45, 2.75) is 149 Å². The molecule has 4 aromatic rings. The van der Waals surface area contributed by atoms with Crippen LogP contribution < -0.4 is 20.1 Å². The zero-order chi connectivity index (χ0) is 63.2. The Kier molecular flexibility index (Phi) is 21.1. The predicted octanol–water partition coefficient (Wildman–Crippen LogP) is 8.06. The molecule has 3 saturated heterocycles. The Morgan fingerprint density at radius 1 is 0.581 bits per heavy atom. The fourth-order valence-electron chi connectivity index (χ4n) is 11.3. The third-order valence-corrected chi connectivity index (χ3v) is 17.6. The van der Waals surface area contributed by atoms with Crippen LogP contribution in [-0.2, 0) is 51.9 Å². The summed E-state index contributed by atoms with van der Waals surface area (Å²) in [6.07, 6.45) is 1.07. The Balaban J connectivity index is 0.000000247. The van der Waals surface area contributed by atoms with E-state index in [1.807, 2.05) is 69.3 Å². The highest BCUT2D eigenvalue weighted by Gasteiger charge is 2.56. The van der Waals surface area contributed by atoms with Crippen molar-refractivity contribution in [2.75, 3.05) is 40.0 Å². The molecule has 0 bridgehead atoms. The van der Waals surface area contributed by atoms with Crippen molar-refractivity contribution in [1.29, 1.82) is 0 Å². The number of amides is 6. The number of nitrogens with one attached hydrogen (secondary N) is 2. The third kappa shape index (κ3) is 15.9. The number of nitrogens with zero attached hydrogens (tertiary/aromatic N) is 5. The highest BCUT2D eigenvalue weighted by Crippen LogP contribution is 2.42. The molecular weight excluding hydrogens is 1140 g/mol. The highest BCUT2D eigenvalue weighted by molar-refractivity contribution is 7.88. The van der Waals surface area contributed by atoms with Crippen molar-refractivity contribution < 1.29 is 73.7 Å². The molecule has 4 aromatic carbocycles. The number of fused-ring (bicyclic) bond motifs is 2. The van der Waals surface area contributed by atoms with Crippen molar-refractivity contribution >= 4 is 45.8 Å². The lowest BCUT2D eigenvalue weighted by Gasteiger charge is -2.38. The minimum absolute atomic E-state index is 0.0102. The maximum Gasteiger partial charge on any atom is 0.410 e. The molecule has 0 radical (unpaired) electrons. The number of carbonyl (C=O) groups is 6. The topological polar surface area (TPSA) is 214 Å². The van der Waals surface area contributed by atoms with Crippen molar-refractivity contribution in [3.8, 4) is 11.5 Å². The number of likely N-dealkylation sites (N-methyl/N-ethyl adjacent to an activating group) is 2. The average Bonchev–Trinajstić information content (AvgIpc) is 1.62. The molecule has 86 heavy (non-hydrogen) atoms. The second-order valence-electron chi connectivity index (χ2n) is 24.6. The summed E-state index contributed by atoms with van der Waals surface area (Å²) in [6, 6.07) is 19.3. The first-order chi connectivity index (χ1) is 40.3. The van der Waals surface area contributed by atoms with Gasteiger partial charge in [-0.1, -0.05) is 102 Å². The monoisotopic (exact) mass is 1220 g/mol. The summed E-state index contributed by atoms with van der Waals surface area (Å²) < 4.78 is 104. The zero-order valence-electron chi connectivity index (χ0n) is 50.4. The number of carbonyl (C=O) groups excluding carboxylic acids is 6. The molecule has 2 N–H and O–H groups in total. The predicted molar refractivity (Wildman–Crippen MR) is 310 cm³/mol. The fourth-order valence-corrected chi connectivity index (χ4v) is 12.4. The van der Waals surface area contributed by atoms with Crippen LogP contribution >= 0.6 is 0 Å². The summed E-state index contributed by atoms with van der Waals surface area (Å²) in [5.74, 6) is -5.46. The van der Waals surface area contributed by atoms with Gasteiger partial charge in [-0.3, -0.25) is 29.0 Å². The average molecular weight is 1220 g/mol. The maximum atomic E-state index is 14.2. The van der Waals surface area contributed by atoms with Crippen LogP contribution in [0.2, 0.25) is 0 Å². The highest BCUT2D eigenvalue weighted by atomic mass is 32.2. The molecule has 468 valence electrons. The van der Waals surface area contributed by atoms with Crippen LogP contribution in [0.3, 0.4) is 0 Å². The van der Waals surface area contributed by atoms with Crippen LogP contribution in [0, 0.1) is 40.0 Å². The van der Waals surface area contributed by atoms with Crippen molar-refractivity contribution in [2.24, 2.45) is 16.7 Å². The number of hydrogen-bond acceptors (Lipinski definition) is 12. The second kappa shape index (κ2) is 27.5. The Morgan fingerprint density at radius 3 is 1.42 bits per heavy atom. The van der Waals surface area contributed by atoms with Crippen molar-refractivity contribution in [3.05, 3.63) is 131 Å². The first-order valence-corrected chi connectivity index (χ1v) is 30.5. The minimum Gasteiger partial charge on any atom is -0.488 e. The number of rotatable bonds is 17. The van der Waals surface area contributed by atoms with E-state index in [0.717, 1.165) is 59.4 Å². The van der Waals surface area contributed by atoms with Gasteiger partial charge in [0.2, 0.25) is 33.7 Å². The van der Waals surface area contributed by atoms with Gasteiger partial charge in [0, 0.05) is 39.3 Å². The Labute approximate surface area is 500 Å². The Bertz CT molecular complexity index is 3190. The molecule has 0 unspecified atom stereocenters. The summed E-state index contributed by atoms with van der Waals surface area (Å²) in [6.45, 7) is 14.7. The largest absolute Gasteiger partial charge is 0.488 e. The SMILES string of the molecule is C[C@@H](C(=O)N[C@H](C(=O)N1CC[C@@H]2[C@H]1[C@@H](Oc1ccc(F)c(F)c1)CN2S(C)(=O)=O)C(C)(C)C)N(C)C(=O)OCc1ccccc1.C[C@@H](C(=O)N[C@H](C(=O)N1CC[C@H]2CC[C@H](Oc3ccc(F)c(F)c3)[C@H]21)C(C)(C)C)N(C)C(=O)OCc1ccccc1. The van der Waals surface area contributed by atoms with E-state index in [4.69, 9.17) is 18.9 Å². The van der Waals surface area contributed by atoms with Crippen LogP contribution in [0.5, 0.6) is 11.5 Å². The van der Waals surface area contributed by atoms with Crippen LogP contribution in [0.4, 0.5) is 27.2 Å². The molecule has 3 heterocycles. The van der Waals surface area contributed by atoms with Gasteiger partial charge in [-0.05, 0) is 91.7 Å². The lowest BCUT2D eigenvalue weighted by atomic mass is 9.85. The van der Waals surface area contributed by atoms with Crippen LogP contribution in [0.1, 0.15) is 92.2 Å². The van der Waals surface area contributed by atoms with Crippen LogP contribution in [0.15, 0.2) is 97.1 Å². The van der Waals surface area contributed by atoms with Crippen LogP contribution in [0.25, 0.3) is 0 Å². The van der Waals surface area contributed by atoms with E-state index < -0.39 is 116 Å². The number of sulfonamides is 1. The van der Waals surface area contributed by atoms with E-state index in [1.165, 1.54) is 47.3 Å². The molecule has 24 heteroatoms. The first-order valence-electron chi connectivity index (χ1n) is 28.6. The number of ether oxygens (including phenoxy) is 4. The van der Waals surface area contributed by atoms with Gasteiger partial charge in [0.15, 0.2) is 23.3 Å². The molecule has 10 atom stereocenters. The lowest BCUT2D eigenvalue weighted by Crippen LogP contribution is -2.60. The second-order valence-corrected chi connectivity index (χ2v) is 26.5. The zero-order valence-corrected chi connectivity index (χ0v) is 51.2. The molecule has 1 saturated carbocycles. The van der Waals surface area contributed by atoms with Crippen molar-refractivity contribution in [3.63, 3.8) is 0 Å². The maximum absolute atomic E-state index is 14.2. The van der Waals surface area contributed by atoms with E-state index >= 15 is 0 Å². The molecular formula is C62H79F4N7O12S. The van der Waals surface area contributed by atoms with E-state index in [0.29, 0.717) is 19.4 Å². The summed E-state index contributed by atoms with van der Waals surface area (Å²) in [7, 11) is -0.796. The normalized spacial score (nSPS) is 21.5. The molecule has 6 amide bonds. The summed E-state index contributed by atoms with van der Waals surface area (Å²) >= 11 is 0. The molecule has 3 aliphatic heterocycles. The van der Waals surface area contributed by atoms with Crippen LogP contribution in [-0.4, -0.2) is 163 Å². The quantitative estimate of drug-likeness (QED) is 0.0961. The number of hydrogen-bond donors (Lipinski definition) is 2. The van der Waals surface area contributed by atoms with E-state index in [-0.39, 0.29) is 61.8 Å². The molecule has 0 aromatic heterocycles. The third-order valence-electron chi connectivity index (χ3n) is 16.4. The van der Waals surface area contributed by atoms with Gasteiger partial charge in [0.25, 0.3) is 0 Å². The van der Waals surface area contributed by atoms with E-state index in [2.05, 4.69) is 10.6 Å². The van der Waals surface area contributed by atoms with Gasteiger partial charge in [-0.25, -0.2) is 35.6 Å². The van der Waals surface area contributed by atoms with Gasteiger partial charge >= 0.3 is 12.2 Å². The molecule has 4 aliphatic rings. The fraction of sp³-hybridized carbons (Fsp3) is 0.516. The molecule has 4 fully saturated rings. The van der Waals surface area contributed by atoms with Gasteiger partial charge in [0.1, 0.15) is 61.1 Å². The molecule has 8 rings (SSSR count). The van der Waals surface area contributed by atoms with E-state index in [1.54, 1.807) is 44.7 Å². The van der Waals surface area contributed by atoms with E-state index in [9.17, 15) is 54.7 Å². The summed E-state index contributed by atoms with van der Waals surface area (Å²) in [5, 5.41) is 5.69.